The van der Waals surface area contributed by atoms with Gasteiger partial charge in [-0.15, -0.1) is 0 Å². The normalized spacial score (nSPS) is 21.1. The summed E-state index contributed by atoms with van der Waals surface area (Å²) in [4.78, 5) is 14.0. The highest BCUT2D eigenvalue weighted by Gasteiger charge is 2.29. The lowest BCUT2D eigenvalue weighted by Crippen LogP contribution is -2.55. The molecule has 1 fully saturated rings. The van der Waals surface area contributed by atoms with Crippen LogP contribution in [0.5, 0.6) is 0 Å². The van der Waals surface area contributed by atoms with Crippen LogP contribution in [0.1, 0.15) is 5.56 Å². The molecule has 0 saturated carbocycles. The maximum absolute atomic E-state index is 12.3. The Bertz CT molecular complexity index is 511. The molecular formula is C14H18N4O2. The molecule has 0 aromatic heterocycles. The molecular weight excluding hydrogens is 256 g/mol. The summed E-state index contributed by atoms with van der Waals surface area (Å²) >= 11 is 0. The van der Waals surface area contributed by atoms with E-state index >= 15 is 0 Å². The van der Waals surface area contributed by atoms with Gasteiger partial charge in [-0.3, -0.25) is 4.79 Å². The number of benzene rings is 1. The fraction of sp³-hybridized carbons (Fsp3) is 0.429. The number of hydrazone groups is 1. The topological polar surface area (TPSA) is 48.4 Å². The van der Waals surface area contributed by atoms with Crippen molar-refractivity contribution in [3.63, 3.8) is 0 Å². The minimum atomic E-state index is -0.0410. The second-order valence-electron chi connectivity index (χ2n) is 4.90. The molecule has 0 atom stereocenters. The van der Waals surface area contributed by atoms with Crippen molar-refractivity contribution in [2.45, 2.75) is 0 Å². The van der Waals surface area contributed by atoms with Gasteiger partial charge in [0.1, 0.15) is 6.67 Å². The number of hydrogen-bond acceptors (Lipinski definition) is 5. The second-order valence-corrected chi connectivity index (χ2v) is 4.90. The number of hydrazine groups is 1. The number of morpholine rings is 1. The SMILES string of the molecule is CN1CN(N2CCOCC2)N=C(c2ccccc2)C1=O. The molecule has 1 amide bonds. The van der Waals surface area contributed by atoms with Crippen molar-refractivity contribution in [1.82, 2.24) is 15.0 Å². The molecule has 0 unspecified atom stereocenters. The molecule has 6 heteroatoms. The average Bonchev–Trinajstić information content (AvgIpc) is 2.51. The summed E-state index contributed by atoms with van der Waals surface area (Å²) in [6.07, 6.45) is 0. The van der Waals surface area contributed by atoms with Gasteiger partial charge in [-0.05, 0) is 0 Å². The maximum Gasteiger partial charge on any atom is 0.276 e. The van der Waals surface area contributed by atoms with Crippen LogP contribution in [0.4, 0.5) is 0 Å². The summed E-state index contributed by atoms with van der Waals surface area (Å²) < 4.78 is 5.35. The molecule has 0 radical (unpaired) electrons. The van der Waals surface area contributed by atoms with Gasteiger partial charge in [-0.25, -0.2) is 5.12 Å². The van der Waals surface area contributed by atoms with E-state index in [1.54, 1.807) is 11.9 Å². The second kappa shape index (κ2) is 5.60. The summed E-state index contributed by atoms with van der Waals surface area (Å²) in [5.74, 6) is -0.0410. The maximum atomic E-state index is 12.3. The number of rotatable bonds is 2. The standard InChI is InChI=1S/C14H18N4O2/c1-16-11-18(17-7-9-20-10-8-17)15-13(14(16)19)12-5-3-2-4-6-12/h2-6H,7-11H2,1H3. The van der Waals surface area contributed by atoms with Gasteiger partial charge in [0.2, 0.25) is 0 Å². The zero-order valence-corrected chi connectivity index (χ0v) is 11.5. The molecule has 0 bridgehead atoms. The Hall–Kier alpha value is -1.92. The van der Waals surface area contributed by atoms with Gasteiger partial charge in [-0.2, -0.15) is 10.1 Å². The largest absolute Gasteiger partial charge is 0.379 e. The van der Waals surface area contributed by atoms with Gasteiger partial charge in [0.15, 0.2) is 5.71 Å². The smallest absolute Gasteiger partial charge is 0.276 e. The summed E-state index contributed by atoms with van der Waals surface area (Å²) in [7, 11) is 1.80. The van der Waals surface area contributed by atoms with Crippen LogP contribution in [0.25, 0.3) is 0 Å². The first-order valence-electron chi connectivity index (χ1n) is 6.75. The van der Waals surface area contributed by atoms with E-state index in [1.165, 1.54) is 0 Å². The number of likely N-dealkylation sites (N-methyl/N-ethyl adjacent to an activating group) is 1. The lowest BCUT2D eigenvalue weighted by Gasteiger charge is -2.40. The van der Waals surface area contributed by atoms with Crippen LogP contribution in [0.2, 0.25) is 0 Å². The van der Waals surface area contributed by atoms with E-state index in [1.807, 2.05) is 35.4 Å². The zero-order chi connectivity index (χ0) is 13.9. The fourth-order valence-corrected chi connectivity index (χ4v) is 2.34. The Labute approximate surface area is 118 Å². The van der Waals surface area contributed by atoms with Gasteiger partial charge in [0, 0.05) is 25.7 Å². The molecule has 1 saturated heterocycles. The minimum absolute atomic E-state index is 0.0410. The van der Waals surface area contributed by atoms with Crippen LogP contribution >= 0.6 is 0 Å². The number of ether oxygens (including phenoxy) is 1. The van der Waals surface area contributed by atoms with E-state index in [2.05, 4.69) is 10.1 Å². The number of carbonyl (C=O) groups is 1. The molecule has 0 spiro atoms. The van der Waals surface area contributed by atoms with Gasteiger partial charge < -0.3 is 9.64 Å². The number of amides is 1. The van der Waals surface area contributed by atoms with Gasteiger partial charge in [-0.1, -0.05) is 30.3 Å². The van der Waals surface area contributed by atoms with Crippen molar-refractivity contribution in [2.75, 3.05) is 40.0 Å². The highest BCUT2D eigenvalue weighted by molar-refractivity contribution is 6.45. The quantitative estimate of drug-likeness (QED) is 0.782. The van der Waals surface area contributed by atoms with Crippen molar-refractivity contribution >= 4 is 11.6 Å². The molecule has 2 aliphatic rings. The lowest BCUT2D eigenvalue weighted by atomic mass is 10.1. The van der Waals surface area contributed by atoms with Gasteiger partial charge >= 0.3 is 0 Å². The van der Waals surface area contributed by atoms with Crippen LogP contribution < -0.4 is 0 Å². The van der Waals surface area contributed by atoms with Crippen LogP contribution in [0.3, 0.4) is 0 Å². The Morgan fingerprint density at radius 2 is 1.85 bits per heavy atom. The van der Waals surface area contributed by atoms with E-state index in [0.29, 0.717) is 25.6 Å². The fourth-order valence-electron chi connectivity index (χ4n) is 2.34. The molecule has 20 heavy (non-hydrogen) atoms. The van der Waals surface area contributed by atoms with E-state index in [9.17, 15) is 4.79 Å². The minimum Gasteiger partial charge on any atom is -0.379 e. The Kier molecular flexibility index (Phi) is 3.66. The van der Waals surface area contributed by atoms with Gasteiger partial charge in [0.25, 0.3) is 5.91 Å². The monoisotopic (exact) mass is 274 g/mol. The molecule has 0 aliphatic carbocycles. The molecule has 6 nitrogen and oxygen atoms in total. The van der Waals surface area contributed by atoms with Crippen LogP contribution in [-0.4, -0.2) is 66.7 Å². The Morgan fingerprint density at radius 3 is 2.55 bits per heavy atom. The van der Waals surface area contributed by atoms with Crippen molar-refractivity contribution in [2.24, 2.45) is 5.10 Å². The van der Waals surface area contributed by atoms with Gasteiger partial charge in [0.05, 0.1) is 13.2 Å². The predicted molar refractivity (Wildman–Crippen MR) is 74.8 cm³/mol. The molecule has 1 aromatic rings. The zero-order valence-electron chi connectivity index (χ0n) is 11.5. The lowest BCUT2D eigenvalue weighted by molar-refractivity contribution is -0.141. The Balaban J connectivity index is 1.89. The third-order valence-corrected chi connectivity index (χ3v) is 3.46. The van der Waals surface area contributed by atoms with Crippen molar-refractivity contribution in [1.29, 1.82) is 0 Å². The summed E-state index contributed by atoms with van der Waals surface area (Å²) in [5.41, 5.74) is 1.34. The van der Waals surface area contributed by atoms with Crippen LogP contribution in [-0.2, 0) is 9.53 Å². The van der Waals surface area contributed by atoms with Crippen LogP contribution in [0.15, 0.2) is 35.4 Å². The van der Waals surface area contributed by atoms with Crippen molar-refractivity contribution < 1.29 is 9.53 Å². The molecule has 2 heterocycles. The third-order valence-electron chi connectivity index (χ3n) is 3.46. The van der Waals surface area contributed by atoms with Crippen molar-refractivity contribution in [3.8, 4) is 0 Å². The van der Waals surface area contributed by atoms with Crippen LogP contribution in [0, 0.1) is 0 Å². The number of nitrogens with zero attached hydrogens (tertiary/aromatic N) is 4. The third kappa shape index (κ3) is 2.52. The number of hydrogen-bond donors (Lipinski definition) is 0. The average molecular weight is 274 g/mol. The first-order valence-corrected chi connectivity index (χ1v) is 6.75. The van der Waals surface area contributed by atoms with E-state index < -0.39 is 0 Å². The highest BCUT2D eigenvalue weighted by atomic mass is 16.5. The molecule has 1 aromatic carbocycles. The highest BCUT2D eigenvalue weighted by Crippen LogP contribution is 2.14. The summed E-state index contributed by atoms with van der Waals surface area (Å²) in [6, 6.07) is 9.58. The van der Waals surface area contributed by atoms with E-state index in [0.717, 1.165) is 18.7 Å². The molecule has 2 aliphatic heterocycles. The predicted octanol–water partition coefficient (Wildman–Crippen LogP) is 0.369. The number of carbonyl (C=O) groups excluding carboxylic acids is 1. The Morgan fingerprint density at radius 1 is 1.15 bits per heavy atom. The first-order chi connectivity index (χ1) is 9.75. The molecule has 106 valence electrons. The summed E-state index contributed by atoms with van der Waals surface area (Å²) in [6.45, 7) is 3.48. The van der Waals surface area contributed by atoms with E-state index in [-0.39, 0.29) is 5.91 Å². The van der Waals surface area contributed by atoms with E-state index in [4.69, 9.17) is 4.74 Å². The first kappa shape index (κ1) is 13.1. The van der Waals surface area contributed by atoms with Crippen molar-refractivity contribution in [3.05, 3.63) is 35.9 Å². The molecule has 0 N–H and O–H groups in total. The summed E-state index contributed by atoms with van der Waals surface area (Å²) in [5, 5.41) is 8.52. The molecule has 3 rings (SSSR count).